The quantitative estimate of drug-likeness (QED) is 0.628. The number of methoxy groups -OCH3 is 2. The molecule has 2 amide bonds. The number of aromatic nitrogens is 2. The van der Waals surface area contributed by atoms with Crippen LogP contribution in [-0.4, -0.2) is 42.4 Å². The average Bonchev–Trinajstić information content (AvgIpc) is 3.50. The van der Waals surface area contributed by atoms with Gasteiger partial charge in [0.1, 0.15) is 17.3 Å². The van der Waals surface area contributed by atoms with Crippen LogP contribution >= 0.6 is 11.3 Å². The molecule has 0 radical (unpaired) electrons. The largest absolute Gasteiger partial charge is 0.497 e. The van der Waals surface area contributed by atoms with Crippen molar-refractivity contribution in [3.8, 4) is 11.5 Å². The maximum Gasteiger partial charge on any atom is 0.230 e. The van der Waals surface area contributed by atoms with Gasteiger partial charge in [0.2, 0.25) is 11.8 Å². The zero-order valence-electron chi connectivity index (χ0n) is 16.7. The van der Waals surface area contributed by atoms with E-state index in [1.54, 1.807) is 65.6 Å². The summed E-state index contributed by atoms with van der Waals surface area (Å²) in [6.07, 6.45) is 1.78. The summed E-state index contributed by atoms with van der Waals surface area (Å²) in [7, 11) is 3.11. The van der Waals surface area contributed by atoms with Crippen molar-refractivity contribution in [3.63, 3.8) is 0 Å². The maximum absolute atomic E-state index is 12.9. The molecule has 30 heavy (non-hydrogen) atoms. The van der Waals surface area contributed by atoms with Gasteiger partial charge in [-0.3, -0.25) is 9.59 Å². The molecule has 8 nitrogen and oxygen atoms in total. The van der Waals surface area contributed by atoms with Gasteiger partial charge >= 0.3 is 0 Å². The van der Waals surface area contributed by atoms with Crippen molar-refractivity contribution in [1.82, 2.24) is 9.78 Å². The number of amides is 2. The van der Waals surface area contributed by atoms with Crippen LogP contribution < -0.4 is 19.7 Å². The van der Waals surface area contributed by atoms with E-state index in [4.69, 9.17) is 9.47 Å². The fourth-order valence-corrected chi connectivity index (χ4v) is 4.15. The molecule has 2 aromatic heterocycles. The van der Waals surface area contributed by atoms with Gasteiger partial charge in [-0.2, -0.15) is 5.10 Å². The van der Waals surface area contributed by atoms with E-state index in [0.717, 1.165) is 4.88 Å². The molecule has 1 aliphatic heterocycles. The minimum atomic E-state index is -0.474. The second kappa shape index (κ2) is 8.58. The number of anilines is 2. The molecular formula is C21H22N4O4S. The highest BCUT2D eigenvalue weighted by atomic mass is 32.1. The Morgan fingerprint density at radius 1 is 1.27 bits per heavy atom. The fourth-order valence-electron chi connectivity index (χ4n) is 3.47. The minimum Gasteiger partial charge on any atom is -0.497 e. The van der Waals surface area contributed by atoms with Crippen molar-refractivity contribution in [3.05, 3.63) is 52.9 Å². The molecule has 156 valence electrons. The van der Waals surface area contributed by atoms with Gasteiger partial charge in [0, 0.05) is 30.0 Å². The summed E-state index contributed by atoms with van der Waals surface area (Å²) in [4.78, 5) is 28.3. The number of thiophene rings is 1. The Morgan fingerprint density at radius 3 is 2.87 bits per heavy atom. The van der Waals surface area contributed by atoms with Crippen LogP contribution in [-0.2, 0) is 16.1 Å². The summed E-state index contributed by atoms with van der Waals surface area (Å²) in [5, 5.41) is 9.21. The number of ether oxygens (including phenoxy) is 2. The minimum absolute atomic E-state index is 0.130. The van der Waals surface area contributed by atoms with Gasteiger partial charge in [-0.05, 0) is 23.6 Å². The van der Waals surface area contributed by atoms with Crippen LogP contribution in [0, 0.1) is 5.92 Å². The molecule has 1 atom stereocenters. The van der Waals surface area contributed by atoms with E-state index < -0.39 is 5.92 Å². The fraction of sp³-hybridized carbons (Fsp3) is 0.286. The first-order valence-corrected chi connectivity index (χ1v) is 10.3. The molecule has 1 fully saturated rings. The summed E-state index contributed by atoms with van der Waals surface area (Å²) < 4.78 is 12.4. The molecule has 3 aromatic rings. The summed E-state index contributed by atoms with van der Waals surface area (Å²) in [6.45, 7) is 0.851. The molecule has 1 aromatic carbocycles. The number of carbonyl (C=O) groups is 2. The predicted octanol–water partition coefficient (Wildman–Crippen LogP) is 3.00. The van der Waals surface area contributed by atoms with Crippen molar-refractivity contribution in [2.45, 2.75) is 13.0 Å². The number of nitrogens with zero attached hydrogens (tertiary/aromatic N) is 3. The van der Waals surface area contributed by atoms with Crippen LogP contribution in [0.1, 0.15) is 11.3 Å². The molecule has 0 bridgehead atoms. The van der Waals surface area contributed by atoms with Gasteiger partial charge in [-0.25, -0.2) is 4.68 Å². The van der Waals surface area contributed by atoms with E-state index in [2.05, 4.69) is 10.4 Å². The lowest BCUT2D eigenvalue weighted by Crippen LogP contribution is -2.29. The van der Waals surface area contributed by atoms with Gasteiger partial charge in [0.25, 0.3) is 0 Å². The molecule has 1 aliphatic rings. The summed E-state index contributed by atoms with van der Waals surface area (Å²) in [5.41, 5.74) is 0.597. The zero-order chi connectivity index (χ0) is 21.1. The zero-order valence-corrected chi connectivity index (χ0v) is 17.5. The van der Waals surface area contributed by atoms with Crippen LogP contribution in [0.15, 0.2) is 48.0 Å². The Labute approximate surface area is 178 Å². The van der Waals surface area contributed by atoms with E-state index in [-0.39, 0.29) is 24.8 Å². The lowest BCUT2D eigenvalue weighted by Gasteiger charge is -2.20. The monoisotopic (exact) mass is 426 g/mol. The van der Waals surface area contributed by atoms with E-state index in [1.807, 2.05) is 17.5 Å². The first-order valence-electron chi connectivity index (χ1n) is 9.46. The second-order valence-electron chi connectivity index (χ2n) is 6.89. The Balaban J connectivity index is 1.47. The van der Waals surface area contributed by atoms with Crippen LogP contribution in [0.25, 0.3) is 0 Å². The number of rotatable bonds is 7. The first kappa shape index (κ1) is 20.0. The Bertz CT molecular complexity index is 1050. The lowest BCUT2D eigenvalue weighted by molar-refractivity contribution is -0.122. The Morgan fingerprint density at radius 2 is 2.13 bits per heavy atom. The van der Waals surface area contributed by atoms with Gasteiger partial charge in [0.15, 0.2) is 0 Å². The molecule has 0 aliphatic carbocycles. The second-order valence-corrected chi connectivity index (χ2v) is 7.92. The number of carbonyl (C=O) groups excluding carboxylic acids is 2. The molecule has 1 N–H and O–H groups in total. The van der Waals surface area contributed by atoms with Crippen molar-refractivity contribution < 1.29 is 19.1 Å². The van der Waals surface area contributed by atoms with Crippen molar-refractivity contribution in [2.75, 3.05) is 31.0 Å². The SMILES string of the molecule is COc1ccc(OC)c(N2CC(C(=O)Nc3ccnn3Cc3cccs3)CC2=O)c1. The highest BCUT2D eigenvalue weighted by Gasteiger charge is 2.36. The molecule has 0 saturated carbocycles. The first-order chi connectivity index (χ1) is 14.6. The van der Waals surface area contributed by atoms with Crippen LogP contribution in [0.5, 0.6) is 11.5 Å². The summed E-state index contributed by atoms with van der Waals surface area (Å²) >= 11 is 1.63. The summed E-state index contributed by atoms with van der Waals surface area (Å²) in [6, 6.07) is 11.0. The lowest BCUT2D eigenvalue weighted by atomic mass is 10.1. The van der Waals surface area contributed by atoms with Gasteiger partial charge < -0.3 is 19.7 Å². The number of hydrogen-bond donors (Lipinski definition) is 1. The van der Waals surface area contributed by atoms with E-state index in [9.17, 15) is 9.59 Å². The normalized spacial score (nSPS) is 16.0. The third-order valence-corrected chi connectivity index (χ3v) is 5.89. The standard InChI is InChI=1S/C21H22N4O4S/c1-28-15-5-6-18(29-2)17(11-15)24-12-14(10-20(24)26)21(27)23-19-7-8-22-25(19)13-16-4-3-9-30-16/h3-9,11,14H,10,12-13H2,1-2H3,(H,23,27). The predicted molar refractivity (Wildman–Crippen MR) is 114 cm³/mol. The molecule has 9 heteroatoms. The molecular weight excluding hydrogens is 404 g/mol. The molecule has 3 heterocycles. The van der Waals surface area contributed by atoms with E-state index in [1.165, 1.54) is 0 Å². The van der Waals surface area contributed by atoms with Gasteiger partial charge in [0.05, 0.1) is 38.6 Å². The molecule has 4 rings (SSSR count). The molecule has 1 unspecified atom stereocenters. The maximum atomic E-state index is 12.9. The number of benzene rings is 1. The van der Waals surface area contributed by atoms with Crippen molar-refractivity contribution in [1.29, 1.82) is 0 Å². The van der Waals surface area contributed by atoms with Crippen LogP contribution in [0.4, 0.5) is 11.5 Å². The Kier molecular flexibility index (Phi) is 5.71. The highest BCUT2D eigenvalue weighted by molar-refractivity contribution is 7.09. The summed E-state index contributed by atoms with van der Waals surface area (Å²) in [5.74, 6) is 0.967. The third-order valence-electron chi connectivity index (χ3n) is 5.03. The van der Waals surface area contributed by atoms with Gasteiger partial charge in [-0.1, -0.05) is 6.07 Å². The Hall–Kier alpha value is -3.33. The van der Waals surface area contributed by atoms with Crippen LogP contribution in [0.2, 0.25) is 0 Å². The van der Waals surface area contributed by atoms with E-state index >= 15 is 0 Å². The van der Waals surface area contributed by atoms with Crippen molar-refractivity contribution >= 4 is 34.7 Å². The highest BCUT2D eigenvalue weighted by Crippen LogP contribution is 2.36. The van der Waals surface area contributed by atoms with Gasteiger partial charge in [-0.15, -0.1) is 11.3 Å². The number of nitrogens with one attached hydrogen (secondary N) is 1. The van der Waals surface area contributed by atoms with Crippen molar-refractivity contribution in [2.24, 2.45) is 5.92 Å². The van der Waals surface area contributed by atoms with Crippen LogP contribution in [0.3, 0.4) is 0 Å². The van der Waals surface area contributed by atoms with E-state index in [0.29, 0.717) is 29.5 Å². The third kappa shape index (κ3) is 4.02. The topological polar surface area (TPSA) is 85.7 Å². The smallest absolute Gasteiger partial charge is 0.230 e. The molecule has 1 saturated heterocycles. The molecule has 0 spiro atoms. The number of hydrogen-bond acceptors (Lipinski definition) is 6. The average molecular weight is 426 g/mol.